The van der Waals surface area contributed by atoms with Crippen molar-refractivity contribution in [1.82, 2.24) is 4.90 Å². The molecule has 1 unspecified atom stereocenters. The molecule has 4 rings (SSSR count). The van der Waals surface area contributed by atoms with Gasteiger partial charge in [0.25, 0.3) is 0 Å². The zero-order chi connectivity index (χ0) is 27.0. The molecule has 1 heterocycles. The largest absolute Gasteiger partial charge is 0.459 e. The van der Waals surface area contributed by atoms with E-state index < -0.39 is 36.4 Å². The molecule has 0 spiro atoms. The molecule has 1 amide bonds. The van der Waals surface area contributed by atoms with Gasteiger partial charge in [-0.25, -0.2) is 0 Å². The van der Waals surface area contributed by atoms with Gasteiger partial charge in [-0.3, -0.25) is 4.79 Å². The van der Waals surface area contributed by atoms with Crippen LogP contribution in [0.4, 0.5) is 36.4 Å². The molecule has 3 nitrogen and oxygen atoms in total. The SMILES string of the molecule is CCCCN(CC(F)(F)C(F)(F)C(F)(F)F)C(=O)C1c2ccccc2-c2cccc(N3CCCCC3)c21. The summed E-state index contributed by atoms with van der Waals surface area (Å²) in [5, 5.41) is 0. The fraction of sp³-hybridized carbons (Fsp3) is 0.519. The first-order chi connectivity index (χ1) is 17.4. The van der Waals surface area contributed by atoms with E-state index in [1.54, 1.807) is 31.2 Å². The lowest BCUT2D eigenvalue weighted by atomic mass is 9.92. The van der Waals surface area contributed by atoms with Crippen molar-refractivity contribution in [3.63, 3.8) is 0 Å². The van der Waals surface area contributed by atoms with Gasteiger partial charge in [0.05, 0.1) is 12.5 Å². The number of hydrogen-bond acceptors (Lipinski definition) is 2. The van der Waals surface area contributed by atoms with E-state index in [9.17, 15) is 35.5 Å². The summed E-state index contributed by atoms with van der Waals surface area (Å²) in [7, 11) is 0. The van der Waals surface area contributed by atoms with E-state index >= 15 is 0 Å². The van der Waals surface area contributed by atoms with Crippen LogP contribution in [0, 0.1) is 0 Å². The van der Waals surface area contributed by atoms with Crippen molar-refractivity contribution in [3.05, 3.63) is 53.6 Å². The van der Waals surface area contributed by atoms with Crippen molar-refractivity contribution in [3.8, 4) is 11.1 Å². The maximum absolute atomic E-state index is 14.5. The van der Waals surface area contributed by atoms with Crippen LogP contribution in [0.25, 0.3) is 11.1 Å². The van der Waals surface area contributed by atoms with Crippen molar-refractivity contribution in [2.45, 2.75) is 63.0 Å². The molecule has 0 aromatic heterocycles. The fourth-order valence-corrected chi connectivity index (χ4v) is 5.25. The Morgan fingerprint density at radius 3 is 2.22 bits per heavy atom. The predicted molar refractivity (Wildman–Crippen MR) is 127 cm³/mol. The Morgan fingerprint density at radius 1 is 0.919 bits per heavy atom. The second-order valence-electron chi connectivity index (χ2n) is 9.70. The monoisotopic (exact) mass is 530 g/mol. The zero-order valence-electron chi connectivity index (χ0n) is 20.4. The van der Waals surface area contributed by atoms with Crippen LogP contribution in [0.3, 0.4) is 0 Å². The molecule has 37 heavy (non-hydrogen) atoms. The summed E-state index contributed by atoms with van der Waals surface area (Å²) in [6, 6.07) is 12.4. The van der Waals surface area contributed by atoms with E-state index in [0.717, 1.165) is 49.2 Å². The number of amides is 1. The number of fused-ring (bicyclic) bond motifs is 3. The first-order valence-electron chi connectivity index (χ1n) is 12.5. The number of rotatable bonds is 8. The van der Waals surface area contributed by atoms with Crippen molar-refractivity contribution in [2.75, 3.05) is 31.1 Å². The number of carbonyl (C=O) groups is 1. The molecule has 0 N–H and O–H groups in total. The Labute approximate surface area is 211 Å². The van der Waals surface area contributed by atoms with Gasteiger partial charge in [-0.15, -0.1) is 0 Å². The number of alkyl halides is 7. The summed E-state index contributed by atoms with van der Waals surface area (Å²) in [5.41, 5.74) is 3.33. The van der Waals surface area contributed by atoms with E-state index in [4.69, 9.17) is 0 Å². The third-order valence-corrected chi connectivity index (χ3v) is 7.18. The minimum Gasteiger partial charge on any atom is -0.371 e. The lowest BCUT2D eigenvalue weighted by Crippen LogP contribution is -2.58. The Kier molecular flexibility index (Phi) is 7.50. The highest BCUT2D eigenvalue weighted by Gasteiger charge is 2.73. The highest BCUT2D eigenvalue weighted by molar-refractivity contribution is 5.99. The molecular formula is C27H29F7N2O. The lowest BCUT2D eigenvalue weighted by Gasteiger charge is -2.35. The number of hydrogen-bond donors (Lipinski definition) is 0. The second kappa shape index (κ2) is 10.2. The molecule has 2 aromatic rings. The van der Waals surface area contributed by atoms with E-state index in [2.05, 4.69) is 4.90 Å². The van der Waals surface area contributed by atoms with Crippen molar-refractivity contribution >= 4 is 11.6 Å². The minimum atomic E-state index is -6.45. The number of piperidine rings is 1. The fourth-order valence-electron chi connectivity index (χ4n) is 5.25. The van der Waals surface area contributed by atoms with Crippen LogP contribution in [0.2, 0.25) is 0 Å². The van der Waals surface area contributed by atoms with Gasteiger partial charge in [0, 0.05) is 30.9 Å². The first kappa shape index (κ1) is 27.3. The Bertz CT molecular complexity index is 1130. The number of halogens is 7. The maximum Gasteiger partial charge on any atom is 0.459 e. The zero-order valence-corrected chi connectivity index (χ0v) is 20.4. The van der Waals surface area contributed by atoms with Crippen LogP contribution in [-0.2, 0) is 4.79 Å². The van der Waals surface area contributed by atoms with Gasteiger partial charge in [-0.2, -0.15) is 30.7 Å². The van der Waals surface area contributed by atoms with Crippen molar-refractivity contribution in [1.29, 1.82) is 0 Å². The molecule has 0 radical (unpaired) electrons. The summed E-state index contributed by atoms with van der Waals surface area (Å²) in [6.45, 7) is 0.795. The van der Waals surface area contributed by atoms with Crippen LogP contribution in [0.5, 0.6) is 0 Å². The normalized spacial score (nSPS) is 17.9. The third-order valence-electron chi connectivity index (χ3n) is 7.18. The molecule has 10 heteroatoms. The summed E-state index contributed by atoms with van der Waals surface area (Å²) in [6.07, 6.45) is -2.91. The molecule has 0 bridgehead atoms. The number of anilines is 1. The Balaban J connectivity index is 1.78. The summed E-state index contributed by atoms with van der Waals surface area (Å²) >= 11 is 0. The van der Waals surface area contributed by atoms with Gasteiger partial charge in [-0.1, -0.05) is 49.7 Å². The smallest absolute Gasteiger partial charge is 0.371 e. The quantitative estimate of drug-likeness (QED) is 0.336. The second-order valence-corrected chi connectivity index (χ2v) is 9.70. The molecule has 1 fully saturated rings. The average molecular weight is 531 g/mol. The van der Waals surface area contributed by atoms with Gasteiger partial charge < -0.3 is 9.80 Å². The topological polar surface area (TPSA) is 23.6 Å². The van der Waals surface area contributed by atoms with E-state index in [1.165, 1.54) is 0 Å². The number of carbonyl (C=O) groups excluding carboxylic acids is 1. The summed E-state index contributed by atoms with van der Waals surface area (Å²) in [5.74, 6) is -13.8. The molecule has 0 saturated carbocycles. The van der Waals surface area contributed by atoms with Crippen molar-refractivity contribution in [2.24, 2.45) is 0 Å². The van der Waals surface area contributed by atoms with Crippen LogP contribution in [0.1, 0.15) is 56.1 Å². The lowest BCUT2D eigenvalue weighted by molar-refractivity contribution is -0.355. The molecule has 2 aliphatic rings. The third kappa shape index (κ3) is 4.91. The van der Waals surface area contributed by atoms with E-state index in [1.807, 2.05) is 18.2 Å². The Morgan fingerprint density at radius 2 is 1.57 bits per heavy atom. The standard InChI is InChI=1S/C27H29F7N2O/c1-2-3-14-36(17-25(28,29)26(30,31)27(32,33)34)24(37)23-20-11-6-5-10-18(20)19-12-9-13-21(22(19)23)35-15-7-4-8-16-35/h5-6,9-13,23H,2-4,7-8,14-17H2,1H3. The molecule has 202 valence electrons. The summed E-state index contributed by atoms with van der Waals surface area (Å²) < 4.78 is 95.2. The molecular weight excluding hydrogens is 501 g/mol. The minimum absolute atomic E-state index is 0.175. The van der Waals surface area contributed by atoms with E-state index in [-0.39, 0.29) is 13.0 Å². The van der Waals surface area contributed by atoms with Gasteiger partial charge in [0.1, 0.15) is 0 Å². The molecule has 2 aromatic carbocycles. The van der Waals surface area contributed by atoms with Gasteiger partial charge in [-0.05, 0) is 48.4 Å². The molecule has 1 aliphatic heterocycles. The number of unbranched alkanes of at least 4 members (excludes halogenated alkanes) is 1. The average Bonchev–Trinajstić information content (AvgIpc) is 3.20. The van der Waals surface area contributed by atoms with Crippen LogP contribution in [-0.4, -0.2) is 55.0 Å². The maximum atomic E-state index is 14.5. The highest BCUT2D eigenvalue weighted by Crippen LogP contribution is 2.51. The van der Waals surface area contributed by atoms with Gasteiger partial charge >= 0.3 is 18.0 Å². The summed E-state index contributed by atoms with van der Waals surface area (Å²) in [4.78, 5) is 16.5. The van der Waals surface area contributed by atoms with Crippen LogP contribution in [0.15, 0.2) is 42.5 Å². The van der Waals surface area contributed by atoms with Crippen molar-refractivity contribution < 1.29 is 35.5 Å². The number of benzene rings is 2. The molecule has 1 aliphatic carbocycles. The van der Waals surface area contributed by atoms with Crippen LogP contribution < -0.4 is 4.90 Å². The van der Waals surface area contributed by atoms with Gasteiger partial charge in [0.15, 0.2) is 0 Å². The number of nitrogens with zero attached hydrogens (tertiary/aromatic N) is 2. The predicted octanol–water partition coefficient (Wildman–Crippen LogP) is 7.25. The first-order valence-corrected chi connectivity index (χ1v) is 12.5. The molecule has 1 saturated heterocycles. The van der Waals surface area contributed by atoms with E-state index in [0.29, 0.717) is 22.4 Å². The molecule has 1 atom stereocenters. The van der Waals surface area contributed by atoms with Gasteiger partial charge in [0.2, 0.25) is 5.91 Å². The van der Waals surface area contributed by atoms with Crippen LogP contribution >= 0.6 is 0 Å². The highest BCUT2D eigenvalue weighted by atomic mass is 19.4. The Hall–Kier alpha value is -2.78.